The molecule has 164 valence electrons. The molecule has 6 nitrogen and oxygen atoms in total. The number of nitrogens with zero attached hydrogens (tertiary/aromatic N) is 2. The Morgan fingerprint density at radius 3 is 2.88 bits per heavy atom. The Morgan fingerprint density at radius 1 is 1.19 bits per heavy atom. The number of rotatable bonds is 7. The summed E-state index contributed by atoms with van der Waals surface area (Å²) in [5.41, 5.74) is 3.18. The molecule has 0 fully saturated rings. The number of benzene rings is 1. The molecule has 1 aliphatic rings. The number of H-pyrrole nitrogens is 1. The van der Waals surface area contributed by atoms with Crippen molar-refractivity contribution in [2.75, 3.05) is 11.1 Å². The lowest BCUT2D eigenvalue weighted by atomic mass is 10.2. The van der Waals surface area contributed by atoms with Gasteiger partial charge in [0.15, 0.2) is 5.13 Å². The number of hydrogen-bond donors (Lipinski definition) is 2. The van der Waals surface area contributed by atoms with Crippen molar-refractivity contribution in [2.24, 2.45) is 0 Å². The van der Waals surface area contributed by atoms with E-state index in [1.54, 1.807) is 23.1 Å². The smallest absolute Gasteiger partial charge is 0.259 e. The molecule has 0 aliphatic heterocycles. The van der Waals surface area contributed by atoms with E-state index in [4.69, 9.17) is 0 Å². The van der Waals surface area contributed by atoms with Crippen LogP contribution in [-0.2, 0) is 23.4 Å². The van der Waals surface area contributed by atoms with Gasteiger partial charge in [-0.3, -0.25) is 9.59 Å². The van der Waals surface area contributed by atoms with Crippen molar-refractivity contribution < 1.29 is 4.79 Å². The summed E-state index contributed by atoms with van der Waals surface area (Å²) in [4.78, 5) is 40.2. The molecule has 0 saturated heterocycles. The Hall–Kier alpha value is -2.49. The monoisotopic (exact) mass is 482 g/mol. The van der Waals surface area contributed by atoms with E-state index in [0.29, 0.717) is 28.9 Å². The SMILES string of the molecule is Cc1nc(NC(=O)CCSCc2nc3sc4c(c3c(=O)[nH]2)CCC4)sc1-c1ccccc1. The van der Waals surface area contributed by atoms with Crippen LogP contribution in [0.5, 0.6) is 0 Å². The fourth-order valence-corrected chi connectivity index (χ4v) is 7.01. The maximum absolute atomic E-state index is 12.5. The molecule has 4 aromatic rings. The van der Waals surface area contributed by atoms with Crippen LogP contribution in [0.2, 0.25) is 0 Å². The van der Waals surface area contributed by atoms with Gasteiger partial charge in [0.25, 0.3) is 5.56 Å². The van der Waals surface area contributed by atoms with Crippen LogP contribution in [0, 0.1) is 6.92 Å². The number of aryl methyl sites for hydroxylation is 3. The van der Waals surface area contributed by atoms with E-state index < -0.39 is 0 Å². The molecule has 0 bridgehead atoms. The first-order valence-corrected chi connectivity index (χ1v) is 13.3. The highest BCUT2D eigenvalue weighted by Gasteiger charge is 2.21. The van der Waals surface area contributed by atoms with Gasteiger partial charge in [-0.25, -0.2) is 9.97 Å². The molecule has 0 spiro atoms. The number of carbonyl (C=O) groups excluding carboxylic acids is 1. The zero-order valence-electron chi connectivity index (χ0n) is 17.6. The summed E-state index contributed by atoms with van der Waals surface area (Å²) in [6, 6.07) is 10.1. The topological polar surface area (TPSA) is 87.7 Å². The van der Waals surface area contributed by atoms with Crippen LogP contribution in [0.25, 0.3) is 20.7 Å². The second-order valence-electron chi connectivity index (χ2n) is 7.70. The summed E-state index contributed by atoms with van der Waals surface area (Å²) in [7, 11) is 0. The number of hydrogen-bond acceptors (Lipinski definition) is 7. The maximum atomic E-state index is 12.5. The predicted octanol–water partition coefficient (Wildman–Crippen LogP) is 5.17. The number of aromatic nitrogens is 3. The number of fused-ring (bicyclic) bond motifs is 3. The zero-order valence-corrected chi connectivity index (χ0v) is 20.0. The number of anilines is 1. The van der Waals surface area contributed by atoms with Gasteiger partial charge in [0.1, 0.15) is 10.7 Å². The molecule has 0 radical (unpaired) electrons. The second-order valence-corrected chi connectivity index (χ2v) is 10.9. The summed E-state index contributed by atoms with van der Waals surface area (Å²) >= 11 is 4.73. The Labute approximate surface area is 197 Å². The summed E-state index contributed by atoms with van der Waals surface area (Å²) < 4.78 is 0. The highest BCUT2D eigenvalue weighted by Crippen LogP contribution is 2.35. The van der Waals surface area contributed by atoms with Crippen molar-refractivity contribution in [2.45, 2.75) is 38.4 Å². The van der Waals surface area contributed by atoms with E-state index in [1.165, 1.54) is 21.8 Å². The second kappa shape index (κ2) is 9.17. The minimum Gasteiger partial charge on any atom is -0.309 e. The molecule has 9 heteroatoms. The van der Waals surface area contributed by atoms with Crippen molar-refractivity contribution in [3.05, 3.63) is 62.6 Å². The lowest BCUT2D eigenvalue weighted by molar-refractivity contribution is -0.115. The first-order chi connectivity index (χ1) is 15.6. The molecule has 2 N–H and O–H groups in total. The number of aromatic amines is 1. The van der Waals surface area contributed by atoms with Crippen LogP contribution in [0.4, 0.5) is 5.13 Å². The lowest BCUT2D eigenvalue weighted by Gasteiger charge is -2.03. The average molecular weight is 483 g/mol. The standard InChI is InChI=1S/C23H22N4O2S3/c1-13-20(14-6-3-2-4-7-14)32-23(24-13)27-18(28)10-11-30-12-17-25-21(29)19-15-8-5-9-16(15)31-22(19)26-17/h2-4,6-7H,5,8-12H2,1H3,(H,24,27,28)(H,25,26,29). The van der Waals surface area contributed by atoms with Gasteiger partial charge in [-0.15, -0.1) is 11.3 Å². The van der Waals surface area contributed by atoms with Crippen molar-refractivity contribution in [1.29, 1.82) is 0 Å². The highest BCUT2D eigenvalue weighted by molar-refractivity contribution is 7.98. The Balaban J connectivity index is 1.15. The predicted molar refractivity (Wildman–Crippen MR) is 134 cm³/mol. The van der Waals surface area contributed by atoms with Gasteiger partial charge in [0, 0.05) is 17.1 Å². The van der Waals surface area contributed by atoms with E-state index in [9.17, 15) is 9.59 Å². The Kier molecular flexibility index (Phi) is 6.12. The normalized spacial score (nSPS) is 12.9. The average Bonchev–Trinajstić information content (AvgIpc) is 3.46. The van der Waals surface area contributed by atoms with Crippen molar-refractivity contribution in [1.82, 2.24) is 15.0 Å². The summed E-state index contributed by atoms with van der Waals surface area (Å²) in [6.07, 6.45) is 3.54. The van der Waals surface area contributed by atoms with Gasteiger partial charge in [-0.05, 0) is 37.3 Å². The number of nitrogens with one attached hydrogen (secondary N) is 2. The molecule has 5 rings (SSSR count). The van der Waals surface area contributed by atoms with Crippen molar-refractivity contribution in [3.8, 4) is 10.4 Å². The molecule has 32 heavy (non-hydrogen) atoms. The van der Waals surface area contributed by atoms with Gasteiger partial charge < -0.3 is 10.3 Å². The van der Waals surface area contributed by atoms with E-state index in [1.807, 2.05) is 37.3 Å². The van der Waals surface area contributed by atoms with Gasteiger partial charge in [0.2, 0.25) is 5.91 Å². The van der Waals surface area contributed by atoms with Crippen molar-refractivity contribution >= 4 is 55.7 Å². The molecule has 1 aromatic carbocycles. The summed E-state index contributed by atoms with van der Waals surface area (Å²) in [5, 5.41) is 4.32. The minimum absolute atomic E-state index is 0.0314. The van der Waals surface area contributed by atoms with Gasteiger partial charge in [-0.1, -0.05) is 41.7 Å². The third kappa shape index (κ3) is 4.37. The molecule has 0 unspecified atom stereocenters. The molecule has 0 saturated carbocycles. The Bertz CT molecular complexity index is 1340. The maximum Gasteiger partial charge on any atom is 0.259 e. The lowest BCUT2D eigenvalue weighted by Crippen LogP contribution is -2.13. The zero-order chi connectivity index (χ0) is 22.1. The molecular formula is C23H22N4O2S3. The molecule has 0 atom stereocenters. The van der Waals surface area contributed by atoms with Crippen LogP contribution >= 0.6 is 34.4 Å². The number of thiophene rings is 1. The van der Waals surface area contributed by atoms with E-state index in [2.05, 4.69) is 20.3 Å². The fraction of sp³-hybridized carbons (Fsp3) is 0.304. The van der Waals surface area contributed by atoms with Gasteiger partial charge >= 0.3 is 0 Å². The molecule has 1 aliphatic carbocycles. The minimum atomic E-state index is -0.0579. The van der Waals surface area contributed by atoms with E-state index >= 15 is 0 Å². The number of thiazole rings is 1. The molecular weight excluding hydrogens is 460 g/mol. The molecule has 3 aromatic heterocycles. The van der Waals surface area contributed by atoms with Crippen LogP contribution in [0.15, 0.2) is 35.1 Å². The fourth-order valence-electron chi connectivity index (χ4n) is 3.94. The third-order valence-corrected chi connectivity index (χ3v) is 8.69. The molecule has 1 amide bonds. The van der Waals surface area contributed by atoms with Crippen LogP contribution in [0.1, 0.15) is 34.8 Å². The number of carbonyl (C=O) groups is 1. The summed E-state index contributed by atoms with van der Waals surface area (Å²) in [6.45, 7) is 1.96. The quantitative estimate of drug-likeness (QED) is 0.355. The first-order valence-electron chi connectivity index (χ1n) is 10.5. The van der Waals surface area contributed by atoms with Crippen molar-refractivity contribution in [3.63, 3.8) is 0 Å². The van der Waals surface area contributed by atoms with Crippen LogP contribution in [0.3, 0.4) is 0 Å². The number of amides is 1. The first kappa shape index (κ1) is 21.4. The third-order valence-electron chi connectivity index (χ3n) is 5.42. The summed E-state index contributed by atoms with van der Waals surface area (Å²) in [5.74, 6) is 1.84. The van der Waals surface area contributed by atoms with Crippen LogP contribution in [-0.4, -0.2) is 26.6 Å². The highest BCUT2D eigenvalue weighted by atomic mass is 32.2. The van der Waals surface area contributed by atoms with Gasteiger partial charge in [0.05, 0.1) is 21.7 Å². The molecule has 3 heterocycles. The van der Waals surface area contributed by atoms with Gasteiger partial charge in [-0.2, -0.15) is 11.8 Å². The Morgan fingerprint density at radius 2 is 2.03 bits per heavy atom. The largest absolute Gasteiger partial charge is 0.309 e. The van der Waals surface area contributed by atoms with E-state index in [-0.39, 0.29) is 11.5 Å². The van der Waals surface area contributed by atoms with E-state index in [0.717, 1.165) is 45.6 Å². The van der Waals surface area contributed by atoms with Crippen LogP contribution < -0.4 is 10.9 Å². The number of thioether (sulfide) groups is 1.